The molecule has 42 heavy (non-hydrogen) atoms. The fourth-order valence-electron chi connectivity index (χ4n) is 7.67. The van der Waals surface area contributed by atoms with Gasteiger partial charge in [-0.25, -0.2) is 0 Å². The number of rotatable bonds is 2. The molecule has 0 heteroatoms. The average Bonchev–Trinajstić information content (AvgIpc) is 3.51. The zero-order valence-corrected chi connectivity index (χ0v) is 23.4. The molecule has 0 atom stereocenters. The van der Waals surface area contributed by atoms with Gasteiger partial charge in [0.25, 0.3) is 0 Å². The van der Waals surface area contributed by atoms with Crippen molar-refractivity contribution in [1.29, 1.82) is 0 Å². The molecule has 0 unspecified atom stereocenters. The topological polar surface area (TPSA) is 0 Å². The maximum Gasteiger partial charge on any atom is 0.0725 e. The van der Waals surface area contributed by atoms with E-state index in [1.165, 1.54) is 83.1 Å². The van der Waals surface area contributed by atoms with Gasteiger partial charge in [0.15, 0.2) is 0 Å². The van der Waals surface area contributed by atoms with Crippen LogP contribution in [0.15, 0.2) is 152 Å². The molecule has 2 aliphatic rings. The molecule has 2 aliphatic carbocycles. The van der Waals surface area contributed by atoms with Gasteiger partial charge in [0, 0.05) is 0 Å². The molecule has 0 fully saturated rings. The van der Waals surface area contributed by atoms with Crippen LogP contribution in [0.5, 0.6) is 0 Å². The Kier molecular flexibility index (Phi) is 4.84. The summed E-state index contributed by atoms with van der Waals surface area (Å²) in [6.45, 7) is 2.22. The van der Waals surface area contributed by atoms with Crippen LogP contribution in [-0.2, 0) is 5.41 Å². The first-order valence-corrected chi connectivity index (χ1v) is 14.8. The summed E-state index contributed by atoms with van der Waals surface area (Å²) in [6.07, 6.45) is 0. The van der Waals surface area contributed by atoms with E-state index in [-0.39, 0.29) is 5.41 Å². The number of fused-ring (bicyclic) bond motifs is 11. The molecular formula is C42H28. The quantitative estimate of drug-likeness (QED) is 0.208. The summed E-state index contributed by atoms with van der Waals surface area (Å²) in [5, 5.41) is 2.53. The smallest absolute Gasteiger partial charge is 0.0622 e. The van der Waals surface area contributed by atoms with Crippen molar-refractivity contribution in [3.63, 3.8) is 0 Å². The second-order valence-corrected chi connectivity index (χ2v) is 11.8. The monoisotopic (exact) mass is 532 g/mol. The van der Waals surface area contributed by atoms with Crippen molar-refractivity contribution in [3.05, 3.63) is 179 Å². The first kappa shape index (κ1) is 23.5. The minimum atomic E-state index is -0.318. The summed E-state index contributed by atoms with van der Waals surface area (Å²) < 4.78 is 0. The molecule has 1 spiro atoms. The molecule has 0 aliphatic heterocycles. The maximum atomic E-state index is 2.48. The van der Waals surface area contributed by atoms with Crippen LogP contribution in [0, 0.1) is 6.92 Å². The van der Waals surface area contributed by atoms with E-state index in [2.05, 4.69) is 159 Å². The van der Waals surface area contributed by atoms with Crippen molar-refractivity contribution >= 4 is 10.8 Å². The number of hydrogen-bond donors (Lipinski definition) is 0. The predicted molar refractivity (Wildman–Crippen MR) is 176 cm³/mol. The van der Waals surface area contributed by atoms with Gasteiger partial charge in [0.2, 0.25) is 0 Å². The van der Waals surface area contributed by atoms with Gasteiger partial charge in [-0.2, -0.15) is 0 Å². The third-order valence-electron chi connectivity index (χ3n) is 9.53. The molecule has 0 nitrogen and oxygen atoms in total. The van der Waals surface area contributed by atoms with E-state index in [1.807, 2.05) is 0 Å². The first-order chi connectivity index (χ1) is 20.7. The lowest BCUT2D eigenvalue weighted by Crippen LogP contribution is -2.26. The molecule has 0 amide bonds. The third kappa shape index (κ3) is 3.12. The van der Waals surface area contributed by atoms with Gasteiger partial charge in [-0.3, -0.25) is 0 Å². The predicted octanol–water partition coefficient (Wildman–Crippen LogP) is 10.8. The van der Waals surface area contributed by atoms with E-state index in [0.29, 0.717) is 0 Å². The Morgan fingerprint density at radius 3 is 1.48 bits per heavy atom. The summed E-state index contributed by atoms with van der Waals surface area (Å²) in [4.78, 5) is 0. The van der Waals surface area contributed by atoms with Crippen LogP contribution in [-0.4, -0.2) is 0 Å². The van der Waals surface area contributed by atoms with Crippen LogP contribution >= 0.6 is 0 Å². The molecule has 9 rings (SSSR count). The molecule has 0 bridgehead atoms. The largest absolute Gasteiger partial charge is 0.0725 e. The van der Waals surface area contributed by atoms with Crippen LogP contribution in [0.3, 0.4) is 0 Å². The van der Waals surface area contributed by atoms with Gasteiger partial charge in [0.05, 0.1) is 5.41 Å². The van der Waals surface area contributed by atoms with Crippen LogP contribution < -0.4 is 0 Å². The third-order valence-corrected chi connectivity index (χ3v) is 9.53. The molecule has 0 N–H and O–H groups in total. The number of aryl methyl sites for hydroxylation is 1. The van der Waals surface area contributed by atoms with Gasteiger partial charge in [-0.1, -0.05) is 139 Å². The summed E-state index contributed by atoms with van der Waals surface area (Å²) in [6, 6.07) is 56.6. The molecule has 0 radical (unpaired) electrons. The second-order valence-electron chi connectivity index (χ2n) is 11.8. The van der Waals surface area contributed by atoms with Crippen molar-refractivity contribution in [2.24, 2.45) is 0 Å². The molecule has 7 aromatic rings. The Morgan fingerprint density at radius 2 is 0.810 bits per heavy atom. The lowest BCUT2D eigenvalue weighted by Gasteiger charge is -2.31. The van der Waals surface area contributed by atoms with E-state index >= 15 is 0 Å². The fourth-order valence-corrected chi connectivity index (χ4v) is 7.67. The second kappa shape index (κ2) is 8.65. The zero-order valence-electron chi connectivity index (χ0n) is 23.4. The molecular weight excluding hydrogens is 504 g/mol. The van der Waals surface area contributed by atoms with Crippen molar-refractivity contribution < 1.29 is 0 Å². The molecule has 7 aromatic carbocycles. The molecule has 196 valence electrons. The molecule has 0 saturated carbocycles. The number of hydrogen-bond acceptors (Lipinski definition) is 0. The Bertz CT molecular complexity index is 2150. The highest BCUT2D eigenvalue weighted by molar-refractivity contribution is 5.97. The van der Waals surface area contributed by atoms with Crippen molar-refractivity contribution in [3.8, 4) is 44.5 Å². The Hall–Kier alpha value is -5.20. The summed E-state index contributed by atoms with van der Waals surface area (Å²) >= 11 is 0. The van der Waals surface area contributed by atoms with Crippen molar-refractivity contribution in [2.45, 2.75) is 12.3 Å². The average molecular weight is 533 g/mol. The minimum absolute atomic E-state index is 0.318. The Morgan fingerprint density at radius 1 is 0.333 bits per heavy atom. The molecule has 0 heterocycles. The van der Waals surface area contributed by atoms with E-state index in [0.717, 1.165) is 0 Å². The van der Waals surface area contributed by atoms with Gasteiger partial charge in [-0.15, -0.1) is 0 Å². The Balaban J connectivity index is 1.26. The zero-order chi connectivity index (χ0) is 27.8. The SMILES string of the molecule is Cc1ccc2c(c1)C1(c3ccccc3-c3ccccc31)c1cc(-c3ccc4cc(-c5ccccc5)ccc4c3)ccc1-2. The van der Waals surface area contributed by atoms with Crippen LogP contribution in [0.2, 0.25) is 0 Å². The summed E-state index contributed by atoms with van der Waals surface area (Å²) in [7, 11) is 0. The van der Waals surface area contributed by atoms with Crippen molar-refractivity contribution in [2.75, 3.05) is 0 Å². The van der Waals surface area contributed by atoms with Gasteiger partial charge in [0.1, 0.15) is 0 Å². The van der Waals surface area contributed by atoms with Crippen molar-refractivity contribution in [1.82, 2.24) is 0 Å². The minimum Gasteiger partial charge on any atom is -0.0622 e. The first-order valence-electron chi connectivity index (χ1n) is 14.8. The summed E-state index contributed by atoms with van der Waals surface area (Å²) in [5.41, 5.74) is 16.9. The lowest BCUT2D eigenvalue weighted by molar-refractivity contribution is 0.793. The normalized spacial score (nSPS) is 13.5. The molecule has 0 saturated heterocycles. The standard InChI is InChI=1S/C42H28/c1-27-15-21-36-37-22-20-33(32-19-18-30-24-29(16-17-31(30)25-32)28-9-3-2-4-10-28)26-41(37)42(40(36)23-27)38-13-7-5-11-34(38)35-12-6-8-14-39(35)42/h2-26H,1H3. The summed E-state index contributed by atoms with van der Waals surface area (Å²) in [5.74, 6) is 0. The number of benzene rings is 7. The van der Waals surface area contributed by atoms with Gasteiger partial charge >= 0.3 is 0 Å². The van der Waals surface area contributed by atoms with E-state index < -0.39 is 0 Å². The molecule has 0 aromatic heterocycles. The van der Waals surface area contributed by atoms with E-state index in [4.69, 9.17) is 0 Å². The van der Waals surface area contributed by atoms with Gasteiger partial charge < -0.3 is 0 Å². The van der Waals surface area contributed by atoms with Crippen LogP contribution in [0.1, 0.15) is 27.8 Å². The van der Waals surface area contributed by atoms with E-state index in [9.17, 15) is 0 Å². The van der Waals surface area contributed by atoms with Crippen LogP contribution in [0.4, 0.5) is 0 Å². The Labute approximate surface area is 246 Å². The highest BCUT2D eigenvalue weighted by atomic mass is 14.5. The van der Waals surface area contributed by atoms with Crippen LogP contribution in [0.25, 0.3) is 55.3 Å². The highest BCUT2D eigenvalue weighted by Gasteiger charge is 2.51. The fraction of sp³-hybridized carbons (Fsp3) is 0.0476. The van der Waals surface area contributed by atoms with Gasteiger partial charge in [-0.05, 0) is 103 Å². The van der Waals surface area contributed by atoms with E-state index in [1.54, 1.807) is 0 Å². The maximum absolute atomic E-state index is 2.48. The highest BCUT2D eigenvalue weighted by Crippen LogP contribution is 2.63. The lowest BCUT2D eigenvalue weighted by atomic mass is 9.70.